The smallest absolute Gasteiger partial charge is 0.294 e. The zero-order chi connectivity index (χ0) is 13.3. The molecule has 7 nitrogen and oxygen atoms in total. The van der Waals surface area contributed by atoms with Crippen LogP contribution in [0.5, 0.6) is 0 Å². The zero-order valence-corrected chi connectivity index (χ0v) is 10.5. The number of hydrogen-bond acceptors (Lipinski definition) is 4. The van der Waals surface area contributed by atoms with Crippen LogP contribution in [0.1, 0.15) is 49.1 Å². The van der Waals surface area contributed by atoms with Gasteiger partial charge in [-0.3, -0.25) is 14.7 Å². The standard InChI is InChI=1S/C11H17N5O2/c1-6(2)16(5-8(12)17)11(18)10-13-9(14-15-10)7-3-4-7/h6-7H,3-5H2,1-2H3,(H2,12,17)(H,13,14,15). The van der Waals surface area contributed by atoms with Crippen LogP contribution in [0.4, 0.5) is 0 Å². The van der Waals surface area contributed by atoms with Gasteiger partial charge in [-0.1, -0.05) is 0 Å². The topological polar surface area (TPSA) is 105 Å². The number of amides is 2. The molecular formula is C11H17N5O2. The van der Waals surface area contributed by atoms with Crippen molar-refractivity contribution in [1.29, 1.82) is 0 Å². The average molecular weight is 251 g/mol. The summed E-state index contributed by atoms with van der Waals surface area (Å²) in [6, 6.07) is -0.132. The van der Waals surface area contributed by atoms with E-state index in [9.17, 15) is 9.59 Å². The molecule has 1 aliphatic rings. The third-order valence-electron chi connectivity index (χ3n) is 2.87. The van der Waals surface area contributed by atoms with E-state index in [-0.39, 0.29) is 24.3 Å². The van der Waals surface area contributed by atoms with E-state index in [1.807, 2.05) is 13.8 Å². The van der Waals surface area contributed by atoms with Crippen LogP contribution >= 0.6 is 0 Å². The summed E-state index contributed by atoms with van der Waals surface area (Å²) in [6.07, 6.45) is 2.16. The van der Waals surface area contributed by atoms with Crippen molar-refractivity contribution in [2.45, 2.75) is 38.6 Å². The predicted molar refractivity (Wildman–Crippen MR) is 63.7 cm³/mol. The Morgan fingerprint density at radius 3 is 2.67 bits per heavy atom. The lowest BCUT2D eigenvalue weighted by atomic mass is 10.3. The number of primary amides is 1. The van der Waals surface area contributed by atoms with E-state index < -0.39 is 5.91 Å². The lowest BCUT2D eigenvalue weighted by Crippen LogP contribution is -2.43. The minimum absolute atomic E-state index is 0.104. The summed E-state index contributed by atoms with van der Waals surface area (Å²) in [7, 11) is 0. The van der Waals surface area contributed by atoms with Gasteiger partial charge in [0.2, 0.25) is 11.7 Å². The Balaban J connectivity index is 2.13. The molecule has 1 heterocycles. The number of nitrogens with two attached hydrogens (primary N) is 1. The van der Waals surface area contributed by atoms with Crippen molar-refractivity contribution in [3.63, 3.8) is 0 Å². The number of aromatic nitrogens is 3. The fourth-order valence-electron chi connectivity index (χ4n) is 1.69. The number of nitrogens with zero attached hydrogens (tertiary/aromatic N) is 3. The van der Waals surface area contributed by atoms with E-state index in [4.69, 9.17) is 5.73 Å². The highest BCUT2D eigenvalue weighted by Crippen LogP contribution is 2.37. The molecule has 1 aliphatic carbocycles. The Hall–Kier alpha value is -1.92. The van der Waals surface area contributed by atoms with Gasteiger partial charge in [-0.15, -0.1) is 5.10 Å². The molecule has 2 amide bonds. The molecule has 0 bridgehead atoms. The number of hydrogen-bond donors (Lipinski definition) is 2. The Labute approximate surface area is 105 Å². The molecule has 0 atom stereocenters. The summed E-state index contributed by atoms with van der Waals surface area (Å²) in [5.41, 5.74) is 5.13. The predicted octanol–water partition coefficient (Wildman–Crippen LogP) is 0.0180. The number of carbonyl (C=O) groups excluding carboxylic acids is 2. The molecule has 0 unspecified atom stereocenters. The summed E-state index contributed by atoms with van der Waals surface area (Å²) in [5.74, 6) is 0.345. The van der Waals surface area contributed by atoms with E-state index in [1.54, 1.807) is 0 Å². The maximum atomic E-state index is 12.2. The van der Waals surface area contributed by atoms with Crippen molar-refractivity contribution in [3.8, 4) is 0 Å². The van der Waals surface area contributed by atoms with Gasteiger partial charge in [0.1, 0.15) is 5.82 Å². The molecule has 1 saturated carbocycles. The average Bonchev–Trinajstić information content (AvgIpc) is 3.03. The minimum Gasteiger partial charge on any atom is -0.368 e. The lowest BCUT2D eigenvalue weighted by molar-refractivity contribution is -0.119. The van der Waals surface area contributed by atoms with Gasteiger partial charge in [0, 0.05) is 12.0 Å². The van der Waals surface area contributed by atoms with Crippen LogP contribution in [-0.4, -0.2) is 44.5 Å². The molecule has 1 aromatic rings. The highest BCUT2D eigenvalue weighted by atomic mass is 16.2. The number of nitrogens with one attached hydrogen (secondary N) is 1. The van der Waals surface area contributed by atoms with Gasteiger partial charge in [0.15, 0.2) is 0 Å². The van der Waals surface area contributed by atoms with Gasteiger partial charge in [-0.2, -0.15) is 0 Å². The molecular weight excluding hydrogens is 234 g/mol. The Bertz CT molecular complexity index is 464. The van der Waals surface area contributed by atoms with Crippen molar-refractivity contribution in [2.24, 2.45) is 5.73 Å². The first-order valence-electron chi connectivity index (χ1n) is 6.00. The van der Waals surface area contributed by atoms with Crippen LogP contribution in [-0.2, 0) is 4.79 Å². The van der Waals surface area contributed by atoms with E-state index in [2.05, 4.69) is 15.2 Å². The zero-order valence-electron chi connectivity index (χ0n) is 10.5. The maximum absolute atomic E-state index is 12.2. The van der Waals surface area contributed by atoms with Gasteiger partial charge in [0.05, 0.1) is 6.54 Å². The summed E-state index contributed by atoms with van der Waals surface area (Å²) in [4.78, 5) is 28.6. The second-order valence-electron chi connectivity index (χ2n) is 4.81. The minimum atomic E-state index is -0.546. The molecule has 18 heavy (non-hydrogen) atoms. The molecule has 1 aromatic heterocycles. The van der Waals surface area contributed by atoms with Gasteiger partial charge >= 0.3 is 0 Å². The van der Waals surface area contributed by atoms with Crippen LogP contribution in [0.25, 0.3) is 0 Å². The van der Waals surface area contributed by atoms with Crippen LogP contribution in [0.2, 0.25) is 0 Å². The molecule has 1 fully saturated rings. The van der Waals surface area contributed by atoms with Crippen molar-refractivity contribution in [2.75, 3.05) is 6.54 Å². The van der Waals surface area contributed by atoms with Crippen LogP contribution in [0.3, 0.4) is 0 Å². The summed E-state index contributed by atoms with van der Waals surface area (Å²) in [5, 5.41) is 6.68. The second-order valence-corrected chi connectivity index (χ2v) is 4.81. The molecule has 0 aliphatic heterocycles. The number of H-pyrrole nitrogens is 1. The molecule has 0 aromatic carbocycles. The maximum Gasteiger partial charge on any atom is 0.294 e. The van der Waals surface area contributed by atoms with E-state index in [0.717, 1.165) is 18.7 Å². The Morgan fingerprint density at radius 1 is 1.50 bits per heavy atom. The molecule has 0 radical (unpaired) electrons. The van der Waals surface area contributed by atoms with Crippen molar-refractivity contribution in [3.05, 3.63) is 11.6 Å². The first-order valence-corrected chi connectivity index (χ1v) is 6.00. The molecule has 2 rings (SSSR count). The monoisotopic (exact) mass is 251 g/mol. The first-order chi connectivity index (χ1) is 8.49. The van der Waals surface area contributed by atoms with Gasteiger partial charge in [-0.25, -0.2) is 4.98 Å². The molecule has 7 heteroatoms. The molecule has 98 valence electrons. The molecule has 3 N–H and O–H groups in total. The van der Waals surface area contributed by atoms with Gasteiger partial charge < -0.3 is 10.6 Å². The fraction of sp³-hybridized carbons (Fsp3) is 0.636. The van der Waals surface area contributed by atoms with Crippen LogP contribution < -0.4 is 5.73 Å². The van der Waals surface area contributed by atoms with E-state index in [1.165, 1.54) is 4.90 Å². The number of rotatable bonds is 5. The molecule has 0 spiro atoms. The third-order valence-corrected chi connectivity index (χ3v) is 2.87. The first kappa shape index (κ1) is 12.5. The third kappa shape index (κ3) is 2.66. The summed E-state index contributed by atoms with van der Waals surface area (Å²) < 4.78 is 0. The van der Waals surface area contributed by atoms with Crippen LogP contribution in [0, 0.1) is 0 Å². The largest absolute Gasteiger partial charge is 0.368 e. The van der Waals surface area contributed by atoms with Gasteiger partial charge in [-0.05, 0) is 26.7 Å². The van der Waals surface area contributed by atoms with Gasteiger partial charge in [0.25, 0.3) is 5.91 Å². The van der Waals surface area contributed by atoms with Crippen molar-refractivity contribution < 1.29 is 9.59 Å². The quantitative estimate of drug-likeness (QED) is 0.769. The Morgan fingerprint density at radius 2 is 2.17 bits per heavy atom. The fourth-order valence-corrected chi connectivity index (χ4v) is 1.69. The normalized spacial score (nSPS) is 14.8. The van der Waals surface area contributed by atoms with E-state index in [0.29, 0.717) is 5.92 Å². The van der Waals surface area contributed by atoms with E-state index >= 15 is 0 Å². The number of aromatic amines is 1. The molecule has 0 saturated heterocycles. The number of carbonyl (C=O) groups is 2. The highest BCUT2D eigenvalue weighted by Gasteiger charge is 2.30. The lowest BCUT2D eigenvalue weighted by Gasteiger charge is -2.23. The Kier molecular flexibility index (Phi) is 3.31. The SMILES string of the molecule is CC(C)N(CC(N)=O)C(=O)c1n[nH]c(C2CC2)n1. The highest BCUT2D eigenvalue weighted by molar-refractivity contribution is 5.93. The summed E-state index contributed by atoms with van der Waals surface area (Å²) >= 11 is 0. The second kappa shape index (κ2) is 4.75. The van der Waals surface area contributed by atoms with Crippen LogP contribution in [0.15, 0.2) is 0 Å². The summed E-state index contributed by atoms with van der Waals surface area (Å²) in [6.45, 7) is 3.51. The van der Waals surface area contributed by atoms with Crippen molar-refractivity contribution >= 4 is 11.8 Å². The van der Waals surface area contributed by atoms with Crippen molar-refractivity contribution in [1.82, 2.24) is 20.1 Å².